The lowest BCUT2D eigenvalue weighted by molar-refractivity contribution is 0.662. The molecule has 0 saturated carbocycles. The van der Waals surface area contributed by atoms with E-state index in [1.165, 1.54) is 0 Å². The summed E-state index contributed by atoms with van der Waals surface area (Å²) in [6.45, 7) is 2.13. The molecule has 0 saturated heterocycles. The summed E-state index contributed by atoms with van der Waals surface area (Å²) >= 11 is 3.52. The second-order valence-electron chi connectivity index (χ2n) is 2.43. The van der Waals surface area contributed by atoms with Crippen LogP contribution in [0, 0.1) is 0 Å². The quantitative estimate of drug-likeness (QED) is 0.710. The number of rotatable bonds is 3. The first kappa shape index (κ1) is 8.64. The Bertz CT molecular complexity index is 222. The summed E-state index contributed by atoms with van der Waals surface area (Å²) in [6.07, 6.45) is 1.98. The van der Waals surface area contributed by atoms with Crippen LogP contribution in [-0.4, -0.2) is 25.0 Å². The number of aromatic nitrogens is 4. The van der Waals surface area contributed by atoms with E-state index in [2.05, 4.69) is 38.4 Å². The molecule has 11 heavy (non-hydrogen) atoms. The molecular formula is C6H11BrN4. The first-order chi connectivity index (χ1) is 5.24. The van der Waals surface area contributed by atoms with Gasteiger partial charge >= 0.3 is 0 Å². The van der Waals surface area contributed by atoms with Crippen LogP contribution in [0.25, 0.3) is 0 Å². The summed E-state index contributed by atoms with van der Waals surface area (Å²) in [5.41, 5.74) is 0. The van der Waals surface area contributed by atoms with Gasteiger partial charge in [0, 0.05) is 18.3 Å². The molecule has 0 spiro atoms. The van der Waals surface area contributed by atoms with Gasteiger partial charge in [0.15, 0.2) is 5.82 Å². The van der Waals surface area contributed by atoms with Crippen molar-refractivity contribution >= 4 is 15.9 Å². The van der Waals surface area contributed by atoms with Gasteiger partial charge in [-0.1, -0.05) is 22.9 Å². The molecule has 0 fully saturated rings. The normalized spacial score (nSPS) is 13.4. The smallest absolute Gasteiger partial charge is 0.152 e. The Kier molecular flexibility index (Phi) is 2.99. The van der Waals surface area contributed by atoms with E-state index in [9.17, 15) is 0 Å². The number of aryl methyl sites for hydroxylation is 1. The van der Waals surface area contributed by atoms with Crippen LogP contribution in [-0.2, 0) is 13.5 Å². The maximum Gasteiger partial charge on any atom is 0.152 e. The first-order valence-corrected chi connectivity index (χ1v) is 4.51. The number of tetrazole rings is 1. The molecule has 1 atom stereocenters. The lowest BCUT2D eigenvalue weighted by atomic mass is 10.2. The molecule has 1 aromatic rings. The third-order valence-corrected chi connectivity index (χ3v) is 2.53. The van der Waals surface area contributed by atoms with E-state index in [-0.39, 0.29) is 0 Å². The Labute approximate surface area is 74.1 Å². The van der Waals surface area contributed by atoms with E-state index >= 15 is 0 Å². The van der Waals surface area contributed by atoms with E-state index in [0.29, 0.717) is 4.83 Å². The highest BCUT2D eigenvalue weighted by molar-refractivity contribution is 9.09. The molecule has 1 heterocycles. The average Bonchev–Trinajstić information content (AvgIpc) is 2.37. The van der Waals surface area contributed by atoms with Crippen LogP contribution < -0.4 is 0 Å². The molecule has 0 aliphatic heterocycles. The van der Waals surface area contributed by atoms with Crippen molar-refractivity contribution in [1.82, 2.24) is 20.2 Å². The van der Waals surface area contributed by atoms with Crippen molar-refractivity contribution in [3.05, 3.63) is 5.82 Å². The van der Waals surface area contributed by atoms with Crippen LogP contribution in [0.4, 0.5) is 0 Å². The molecule has 1 rings (SSSR count). The first-order valence-electron chi connectivity index (χ1n) is 3.59. The molecule has 1 unspecified atom stereocenters. The van der Waals surface area contributed by atoms with Gasteiger partial charge in [0.25, 0.3) is 0 Å². The third kappa shape index (κ3) is 2.25. The van der Waals surface area contributed by atoms with Gasteiger partial charge in [-0.15, -0.1) is 5.10 Å². The van der Waals surface area contributed by atoms with Crippen LogP contribution in [0.5, 0.6) is 0 Å². The van der Waals surface area contributed by atoms with Crippen LogP contribution in [0.3, 0.4) is 0 Å². The van der Waals surface area contributed by atoms with Crippen molar-refractivity contribution in [2.45, 2.75) is 24.6 Å². The maximum absolute atomic E-state index is 3.88. The Morgan fingerprint density at radius 3 is 2.82 bits per heavy atom. The van der Waals surface area contributed by atoms with Gasteiger partial charge in [-0.3, -0.25) is 0 Å². The maximum atomic E-state index is 3.88. The standard InChI is InChI=1S/C6H11BrN4/c1-3-5(7)4-6-8-9-10-11(6)2/h5H,3-4H2,1-2H3. The Morgan fingerprint density at radius 2 is 2.36 bits per heavy atom. The molecule has 0 amide bonds. The SMILES string of the molecule is CCC(Br)Cc1nnnn1C. The predicted octanol–water partition coefficient (Wildman–Crippen LogP) is 0.926. The van der Waals surface area contributed by atoms with Crippen molar-refractivity contribution < 1.29 is 0 Å². The topological polar surface area (TPSA) is 43.6 Å². The van der Waals surface area contributed by atoms with Crippen molar-refractivity contribution in [1.29, 1.82) is 0 Å². The summed E-state index contributed by atoms with van der Waals surface area (Å²) in [5.74, 6) is 0.925. The van der Waals surface area contributed by atoms with E-state index in [0.717, 1.165) is 18.7 Å². The van der Waals surface area contributed by atoms with Gasteiger partial charge < -0.3 is 0 Å². The van der Waals surface area contributed by atoms with Gasteiger partial charge in [-0.05, 0) is 16.8 Å². The number of alkyl halides is 1. The molecule has 0 aliphatic carbocycles. The second-order valence-corrected chi connectivity index (χ2v) is 3.72. The highest BCUT2D eigenvalue weighted by atomic mass is 79.9. The second kappa shape index (κ2) is 3.80. The van der Waals surface area contributed by atoms with E-state index in [1.54, 1.807) is 4.68 Å². The van der Waals surface area contributed by atoms with E-state index < -0.39 is 0 Å². The zero-order valence-electron chi connectivity index (χ0n) is 6.66. The van der Waals surface area contributed by atoms with Gasteiger partial charge in [0.05, 0.1) is 0 Å². The predicted molar refractivity (Wildman–Crippen MR) is 45.5 cm³/mol. The monoisotopic (exact) mass is 218 g/mol. The molecule has 5 heteroatoms. The summed E-state index contributed by atoms with van der Waals surface area (Å²) < 4.78 is 1.70. The summed E-state index contributed by atoms with van der Waals surface area (Å²) in [7, 11) is 1.85. The van der Waals surface area contributed by atoms with Crippen molar-refractivity contribution in [2.24, 2.45) is 7.05 Å². The molecule has 62 valence electrons. The van der Waals surface area contributed by atoms with Crippen molar-refractivity contribution in [3.63, 3.8) is 0 Å². The van der Waals surface area contributed by atoms with Crippen LogP contribution in [0.15, 0.2) is 0 Å². The molecule has 0 aromatic carbocycles. The number of halogens is 1. The minimum Gasteiger partial charge on any atom is -0.233 e. The molecule has 0 radical (unpaired) electrons. The number of hydrogen-bond acceptors (Lipinski definition) is 3. The zero-order chi connectivity index (χ0) is 8.27. The van der Waals surface area contributed by atoms with Crippen LogP contribution >= 0.6 is 15.9 Å². The minimum atomic E-state index is 0.479. The number of hydrogen-bond donors (Lipinski definition) is 0. The van der Waals surface area contributed by atoms with Crippen molar-refractivity contribution in [3.8, 4) is 0 Å². The van der Waals surface area contributed by atoms with E-state index in [1.807, 2.05) is 7.05 Å². The minimum absolute atomic E-state index is 0.479. The Hall–Kier alpha value is -0.450. The fourth-order valence-corrected chi connectivity index (χ4v) is 1.05. The molecule has 0 bridgehead atoms. The lowest BCUT2D eigenvalue weighted by Crippen LogP contribution is -2.07. The average molecular weight is 219 g/mol. The van der Waals surface area contributed by atoms with Gasteiger partial charge in [-0.2, -0.15) is 0 Å². The summed E-state index contributed by atoms with van der Waals surface area (Å²) in [6, 6.07) is 0. The van der Waals surface area contributed by atoms with Gasteiger partial charge in [0.1, 0.15) is 0 Å². The Balaban J connectivity index is 2.56. The molecule has 0 N–H and O–H groups in total. The van der Waals surface area contributed by atoms with Crippen molar-refractivity contribution in [2.75, 3.05) is 0 Å². The Morgan fingerprint density at radius 1 is 1.64 bits per heavy atom. The summed E-state index contributed by atoms with van der Waals surface area (Å²) in [4.78, 5) is 0.479. The molecule has 0 aliphatic rings. The molecule has 4 nitrogen and oxygen atoms in total. The highest BCUT2D eigenvalue weighted by Gasteiger charge is 2.07. The fraction of sp³-hybridized carbons (Fsp3) is 0.833. The zero-order valence-corrected chi connectivity index (χ0v) is 8.24. The molecule has 1 aromatic heterocycles. The fourth-order valence-electron chi connectivity index (χ4n) is 0.763. The lowest BCUT2D eigenvalue weighted by Gasteiger charge is -2.03. The largest absolute Gasteiger partial charge is 0.233 e. The van der Waals surface area contributed by atoms with Crippen LogP contribution in [0.2, 0.25) is 0 Å². The third-order valence-electron chi connectivity index (χ3n) is 1.55. The molecular weight excluding hydrogens is 208 g/mol. The van der Waals surface area contributed by atoms with Gasteiger partial charge in [-0.25, -0.2) is 4.68 Å². The highest BCUT2D eigenvalue weighted by Crippen LogP contribution is 2.09. The number of nitrogens with zero attached hydrogens (tertiary/aromatic N) is 4. The van der Waals surface area contributed by atoms with E-state index in [4.69, 9.17) is 0 Å². The summed E-state index contributed by atoms with van der Waals surface area (Å²) in [5, 5.41) is 11.2. The van der Waals surface area contributed by atoms with Gasteiger partial charge in [0.2, 0.25) is 0 Å². The van der Waals surface area contributed by atoms with Crippen LogP contribution in [0.1, 0.15) is 19.2 Å².